The Kier molecular flexibility index (Phi) is 3.78. The molecule has 5 heteroatoms. The minimum Gasteiger partial charge on any atom is -0.506 e. The molecule has 1 amide bonds. The Labute approximate surface area is 132 Å². The molecular weight excluding hydrogens is 334 g/mol. The average molecular weight is 352 g/mol. The molecule has 2 saturated heterocycles. The van der Waals surface area contributed by atoms with Crippen molar-refractivity contribution in [1.82, 2.24) is 4.90 Å². The van der Waals surface area contributed by atoms with E-state index in [1.54, 1.807) is 12.1 Å². The van der Waals surface area contributed by atoms with E-state index in [4.69, 9.17) is 0 Å². The second kappa shape index (κ2) is 5.44. The van der Waals surface area contributed by atoms with E-state index >= 15 is 0 Å². The van der Waals surface area contributed by atoms with Crippen molar-refractivity contribution in [1.29, 1.82) is 0 Å². The second-order valence-electron chi connectivity index (χ2n) is 5.98. The van der Waals surface area contributed by atoms with Crippen LogP contribution in [0.2, 0.25) is 0 Å². The summed E-state index contributed by atoms with van der Waals surface area (Å²) in [5, 5.41) is 10.1. The minimum atomic E-state index is -0.632. The van der Waals surface area contributed by atoms with Crippen molar-refractivity contribution in [2.75, 3.05) is 6.54 Å². The van der Waals surface area contributed by atoms with Crippen LogP contribution in [-0.2, 0) is 4.79 Å². The first-order chi connectivity index (χ1) is 9.99. The molecule has 1 aromatic rings. The Morgan fingerprint density at radius 2 is 2.14 bits per heavy atom. The summed E-state index contributed by atoms with van der Waals surface area (Å²) in [7, 11) is 0. The number of nitrogens with zero attached hydrogens (tertiary/aromatic N) is 1. The number of hydrogen-bond donors (Lipinski definition) is 1. The van der Waals surface area contributed by atoms with Gasteiger partial charge in [-0.3, -0.25) is 9.59 Å². The van der Waals surface area contributed by atoms with Crippen LogP contribution in [0.5, 0.6) is 5.75 Å². The summed E-state index contributed by atoms with van der Waals surface area (Å²) in [6.45, 7) is 2.62. The first kappa shape index (κ1) is 14.6. The molecule has 21 heavy (non-hydrogen) atoms. The van der Waals surface area contributed by atoms with Gasteiger partial charge in [0, 0.05) is 12.6 Å². The fourth-order valence-electron chi connectivity index (χ4n) is 3.44. The Balaban J connectivity index is 1.91. The molecule has 2 atom stereocenters. The van der Waals surface area contributed by atoms with Gasteiger partial charge in [-0.15, -0.1) is 0 Å². The highest BCUT2D eigenvalue weighted by molar-refractivity contribution is 9.10. The lowest BCUT2D eigenvalue weighted by Crippen LogP contribution is -2.38. The van der Waals surface area contributed by atoms with Gasteiger partial charge in [0.05, 0.1) is 10.0 Å². The molecule has 2 heterocycles. The molecular formula is C16H18BrNO3. The van der Waals surface area contributed by atoms with Crippen molar-refractivity contribution in [2.45, 2.75) is 38.6 Å². The lowest BCUT2D eigenvalue weighted by atomic mass is 9.92. The van der Waals surface area contributed by atoms with E-state index in [0.717, 1.165) is 31.4 Å². The molecule has 0 aliphatic carbocycles. The minimum absolute atomic E-state index is 0.0664. The van der Waals surface area contributed by atoms with Gasteiger partial charge in [-0.25, -0.2) is 0 Å². The zero-order valence-electron chi connectivity index (χ0n) is 11.9. The third-order valence-corrected chi connectivity index (χ3v) is 5.11. The number of phenols is 1. The van der Waals surface area contributed by atoms with Crippen LogP contribution < -0.4 is 0 Å². The van der Waals surface area contributed by atoms with E-state index in [1.165, 1.54) is 0 Å². The van der Waals surface area contributed by atoms with E-state index < -0.39 is 5.92 Å². The summed E-state index contributed by atoms with van der Waals surface area (Å²) in [6, 6.07) is 3.62. The fraction of sp³-hybridized carbons (Fsp3) is 0.500. The predicted octanol–water partition coefficient (Wildman–Crippen LogP) is 3.05. The molecule has 0 radical (unpaired) electrons. The number of fused-ring (bicyclic) bond motifs is 1. The number of carbonyl (C=O) groups excluding carboxylic acids is 2. The lowest BCUT2D eigenvalue weighted by Gasteiger charge is -2.29. The number of carbonyl (C=O) groups is 2. The summed E-state index contributed by atoms with van der Waals surface area (Å²) in [5.41, 5.74) is 1.13. The first-order valence-corrected chi connectivity index (χ1v) is 8.12. The Hall–Kier alpha value is -1.36. The highest BCUT2D eigenvalue weighted by Gasteiger charge is 2.44. The molecule has 2 unspecified atom stereocenters. The van der Waals surface area contributed by atoms with Gasteiger partial charge in [0.25, 0.3) is 0 Å². The van der Waals surface area contributed by atoms with Crippen LogP contribution in [0.1, 0.15) is 41.6 Å². The van der Waals surface area contributed by atoms with Gasteiger partial charge in [-0.1, -0.05) is 0 Å². The summed E-state index contributed by atoms with van der Waals surface area (Å²) in [5.74, 6) is -1.02. The van der Waals surface area contributed by atoms with Crippen molar-refractivity contribution in [3.05, 3.63) is 27.7 Å². The lowest BCUT2D eigenvalue weighted by molar-refractivity contribution is -0.131. The molecule has 2 aliphatic rings. The predicted molar refractivity (Wildman–Crippen MR) is 82.3 cm³/mol. The summed E-state index contributed by atoms with van der Waals surface area (Å²) in [6.07, 6.45) is 3.71. The third-order valence-electron chi connectivity index (χ3n) is 4.51. The molecule has 1 aromatic carbocycles. The van der Waals surface area contributed by atoms with Crippen LogP contribution in [-0.4, -0.2) is 34.3 Å². The number of piperidine rings is 1. The number of amides is 1. The van der Waals surface area contributed by atoms with Crippen LogP contribution in [0.15, 0.2) is 16.6 Å². The Morgan fingerprint density at radius 1 is 1.38 bits per heavy atom. The number of phenolic OH excluding ortho intramolecular Hbond substituents is 1. The van der Waals surface area contributed by atoms with Crippen molar-refractivity contribution < 1.29 is 14.7 Å². The number of benzene rings is 1. The molecule has 2 aliphatic heterocycles. The van der Waals surface area contributed by atoms with Gasteiger partial charge < -0.3 is 10.0 Å². The quantitative estimate of drug-likeness (QED) is 0.658. The van der Waals surface area contributed by atoms with E-state index in [0.29, 0.717) is 10.9 Å². The zero-order chi connectivity index (χ0) is 15.1. The Morgan fingerprint density at radius 3 is 2.86 bits per heavy atom. The summed E-state index contributed by atoms with van der Waals surface area (Å²) < 4.78 is 0.494. The molecule has 0 aromatic heterocycles. The van der Waals surface area contributed by atoms with Crippen LogP contribution in [0.25, 0.3) is 0 Å². The smallest absolute Gasteiger partial charge is 0.233 e. The van der Waals surface area contributed by atoms with E-state index in [2.05, 4.69) is 15.9 Å². The van der Waals surface area contributed by atoms with Gasteiger partial charge in [0.1, 0.15) is 11.7 Å². The van der Waals surface area contributed by atoms with Crippen molar-refractivity contribution >= 4 is 27.6 Å². The molecule has 0 saturated carbocycles. The number of Topliss-reactive ketones (excluding diaryl/α,β-unsaturated/α-hetero) is 1. The second-order valence-corrected chi connectivity index (χ2v) is 6.83. The molecule has 112 valence electrons. The molecule has 0 bridgehead atoms. The third kappa shape index (κ3) is 2.48. The van der Waals surface area contributed by atoms with Crippen molar-refractivity contribution in [3.63, 3.8) is 0 Å². The molecule has 1 N–H and O–H groups in total. The van der Waals surface area contributed by atoms with Crippen LogP contribution in [0, 0.1) is 12.8 Å². The van der Waals surface area contributed by atoms with Crippen LogP contribution in [0.4, 0.5) is 0 Å². The van der Waals surface area contributed by atoms with Gasteiger partial charge in [0.15, 0.2) is 5.78 Å². The normalized spacial score (nSPS) is 25.0. The number of rotatable bonds is 2. The highest BCUT2D eigenvalue weighted by Crippen LogP contribution is 2.37. The maximum Gasteiger partial charge on any atom is 0.233 e. The van der Waals surface area contributed by atoms with Gasteiger partial charge in [0.2, 0.25) is 5.91 Å². The van der Waals surface area contributed by atoms with Gasteiger partial charge >= 0.3 is 0 Å². The summed E-state index contributed by atoms with van der Waals surface area (Å²) >= 11 is 3.25. The number of aryl methyl sites for hydroxylation is 1. The van der Waals surface area contributed by atoms with E-state index in [9.17, 15) is 14.7 Å². The summed E-state index contributed by atoms with van der Waals surface area (Å²) in [4.78, 5) is 27.0. The zero-order valence-corrected chi connectivity index (χ0v) is 13.5. The Bertz CT molecular complexity index is 614. The van der Waals surface area contributed by atoms with Gasteiger partial charge in [-0.2, -0.15) is 0 Å². The van der Waals surface area contributed by atoms with E-state index in [-0.39, 0.29) is 29.0 Å². The largest absolute Gasteiger partial charge is 0.506 e. The highest BCUT2D eigenvalue weighted by atomic mass is 79.9. The number of halogens is 1. The maximum absolute atomic E-state index is 12.7. The fourth-order valence-corrected chi connectivity index (χ4v) is 4.01. The van der Waals surface area contributed by atoms with Crippen LogP contribution >= 0.6 is 15.9 Å². The van der Waals surface area contributed by atoms with Crippen LogP contribution in [0.3, 0.4) is 0 Å². The SMILES string of the molecule is Cc1cc(Br)c(O)c(C(=O)C2CC3CCCCN3C2=O)c1. The monoisotopic (exact) mass is 351 g/mol. The maximum atomic E-state index is 12.7. The molecule has 3 rings (SSSR count). The van der Waals surface area contributed by atoms with E-state index in [1.807, 2.05) is 11.8 Å². The first-order valence-electron chi connectivity index (χ1n) is 7.33. The molecule has 0 spiro atoms. The topological polar surface area (TPSA) is 57.6 Å². The molecule has 4 nitrogen and oxygen atoms in total. The van der Waals surface area contributed by atoms with Crippen molar-refractivity contribution in [2.24, 2.45) is 5.92 Å². The average Bonchev–Trinajstić information content (AvgIpc) is 2.80. The van der Waals surface area contributed by atoms with Crippen molar-refractivity contribution in [3.8, 4) is 5.75 Å². The number of ketones is 1. The standard InChI is InChI=1S/C16H18BrNO3/c1-9-6-11(15(20)13(17)7-9)14(19)12-8-10-4-2-3-5-18(10)16(12)21/h6-7,10,12,20H,2-5,8H2,1H3. The van der Waals surface area contributed by atoms with Gasteiger partial charge in [-0.05, 0) is 66.2 Å². The number of hydrogen-bond acceptors (Lipinski definition) is 3. The number of aromatic hydroxyl groups is 1. The molecule has 2 fully saturated rings.